The summed E-state index contributed by atoms with van der Waals surface area (Å²) in [7, 11) is 1.64. The van der Waals surface area contributed by atoms with Crippen LogP contribution in [0.2, 0.25) is 0 Å². The van der Waals surface area contributed by atoms with Crippen molar-refractivity contribution in [2.24, 2.45) is 0 Å². The lowest BCUT2D eigenvalue weighted by atomic mass is 10.0. The van der Waals surface area contributed by atoms with Gasteiger partial charge in [-0.25, -0.2) is 4.98 Å². The average Bonchev–Trinajstić information content (AvgIpc) is 3.25. The molecule has 0 unspecified atom stereocenters. The fourth-order valence-electron chi connectivity index (χ4n) is 3.69. The highest BCUT2D eigenvalue weighted by atomic mass is 32.1. The Balaban J connectivity index is 1.62. The summed E-state index contributed by atoms with van der Waals surface area (Å²) in [5.41, 5.74) is 2.54. The molecule has 4 nitrogen and oxygen atoms in total. The molecular formula is C26H20N2O2S. The van der Waals surface area contributed by atoms with Gasteiger partial charge in [0.25, 0.3) is 5.91 Å². The molecule has 0 aliphatic carbocycles. The van der Waals surface area contributed by atoms with Gasteiger partial charge >= 0.3 is 0 Å². The number of nitrogens with zero attached hydrogens (tertiary/aromatic N) is 2. The third-order valence-corrected chi connectivity index (χ3v) is 6.32. The van der Waals surface area contributed by atoms with Gasteiger partial charge in [0.15, 0.2) is 5.13 Å². The minimum Gasteiger partial charge on any atom is -0.497 e. The number of fused-ring (bicyclic) bond motifs is 2. The first-order chi connectivity index (χ1) is 15.2. The van der Waals surface area contributed by atoms with Gasteiger partial charge < -0.3 is 4.74 Å². The van der Waals surface area contributed by atoms with Crippen molar-refractivity contribution in [1.82, 2.24) is 4.98 Å². The summed E-state index contributed by atoms with van der Waals surface area (Å²) in [6.45, 7) is 0.444. The summed E-state index contributed by atoms with van der Waals surface area (Å²) in [6, 6.07) is 29.6. The van der Waals surface area contributed by atoms with Crippen molar-refractivity contribution in [3.05, 3.63) is 102 Å². The number of hydrogen-bond donors (Lipinski definition) is 0. The van der Waals surface area contributed by atoms with Crippen LogP contribution < -0.4 is 9.64 Å². The summed E-state index contributed by atoms with van der Waals surface area (Å²) < 4.78 is 6.35. The Labute approximate surface area is 184 Å². The maximum atomic E-state index is 13.8. The lowest BCUT2D eigenvalue weighted by Crippen LogP contribution is -2.30. The molecule has 5 aromatic rings. The highest BCUT2D eigenvalue weighted by Crippen LogP contribution is 2.33. The quantitative estimate of drug-likeness (QED) is 0.332. The van der Waals surface area contributed by atoms with Gasteiger partial charge in [-0.05, 0) is 34.5 Å². The Morgan fingerprint density at radius 1 is 0.935 bits per heavy atom. The highest BCUT2D eigenvalue weighted by molar-refractivity contribution is 7.22. The average molecular weight is 425 g/mol. The normalized spacial score (nSPS) is 11.0. The molecule has 0 saturated heterocycles. The van der Waals surface area contributed by atoms with E-state index in [1.165, 1.54) is 11.3 Å². The van der Waals surface area contributed by atoms with E-state index >= 15 is 0 Å². The maximum absolute atomic E-state index is 13.8. The van der Waals surface area contributed by atoms with Gasteiger partial charge in [-0.2, -0.15) is 0 Å². The molecule has 1 aromatic heterocycles. The minimum absolute atomic E-state index is 0.0633. The first-order valence-electron chi connectivity index (χ1n) is 10.0. The number of benzene rings is 4. The Bertz CT molecular complexity index is 1370. The van der Waals surface area contributed by atoms with Gasteiger partial charge in [0.1, 0.15) is 5.75 Å². The van der Waals surface area contributed by atoms with Crippen molar-refractivity contribution in [2.75, 3.05) is 12.0 Å². The molecule has 5 rings (SSSR count). The molecule has 31 heavy (non-hydrogen) atoms. The van der Waals surface area contributed by atoms with Crippen molar-refractivity contribution in [3.8, 4) is 5.75 Å². The molecule has 0 saturated carbocycles. The summed E-state index contributed by atoms with van der Waals surface area (Å²) in [5.74, 6) is 0.686. The van der Waals surface area contributed by atoms with Crippen molar-refractivity contribution < 1.29 is 9.53 Å². The van der Waals surface area contributed by atoms with Gasteiger partial charge in [0, 0.05) is 11.6 Å². The Kier molecular flexibility index (Phi) is 5.10. The van der Waals surface area contributed by atoms with Crippen LogP contribution in [-0.4, -0.2) is 18.0 Å². The third kappa shape index (κ3) is 3.76. The molecule has 0 fully saturated rings. The van der Waals surface area contributed by atoms with Crippen LogP contribution in [0.25, 0.3) is 21.0 Å². The number of carbonyl (C=O) groups excluding carboxylic acids is 1. The Morgan fingerprint density at radius 3 is 2.55 bits per heavy atom. The van der Waals surface area contributed by atoms with E-state index in [9.17, 15) is 4.79 Å². The number of amides is 1. The van der Waals surface area contributed by atoms with Crippen LogP contribution in [0.15, 0.2) is 91.0 Å². The van der Waals surface area contributed by atoms with Gasteiger partial charge in [0.05, 0.1) is 23.9 Å². The lowest BCUT2D eigenvalue weighted by molar-refractivity contribution is 0.0986. The molecule has 5 heteroatoms. The van der Waals surface area contributed by atoms with Crippen LogP contribution >= 0.6 is 11.3 Å². The summed E-state index contributed by atoms with van der Waals surface area (Å²) in [4.78, 5) is 20.4. The summed E-state index contributed by atoms with van der Waals surface area (Å²) in [6.07, 6.45) is 0. The standard InChI is InChI=1S/C26H20N2O2S/c1-30-20-14-15-24-23(16-20)27-26(31-24)28(17-18-8-3-2-4-9-18)25(29)22-13-7-11-19-10-5-6-12-21(19)22/h2-16H,17H2,1H3. The number of carbonyl (C=O) groups is 1. The lowest BCUT2D eigenvalue weighted by Gasteiger charge is -2.21. The van der Waals surface area contributed by atoms with E-state index < -0.39 is 0 Å². The van der Waals surface area contributed by atoms with Crippen molar-refractivity contribution >= 4 is 43.4 Å². The second-order valence-electron chi connectivity index (χ2n) is 7.23. The molecule has 0 aliphatic heterocycles. The second kappa shape index (κ2) is 8.20. The third-order valence-electron chi connectivity index (χ3n) is 5.26. The van der Waals surface area contributed by atoms with E-state index in [0.717, 1.165) is 32.3 Å². The monoisotopic (exact) mass is 424 g/mol. The van der Waals surface area contributed by atoms with E-state index in [4.69, 9.17) is 9.72 Å². The zero-order valence-corrected chi connectivity index (χ0v) is 17.8. The number of hydrogen-bond acceptors (Lipinski definition) is 4. The SMILES string of the molecule is COc1ccc2sc(N(Cc3ccccc3)C(=O)c3cccc4ccccc34)nc2c1. The van der Waals surface area contributed by atoms with E-state index in [1.807, 2.05) is 91.0 Å². The smallest absolute Gasteiger partial charge is 0.261 e. The number of thiazole rings is 1. The van der Waals surface area contributed by atoms with Gasteiger partial charge in [0.2, 0.25) is 0 Å². The molecule has 1 amide bonds. The van der Waals surface area contributed by atoms with Crippen LogP contribution in [0.1, 0.15) is 15.9 Å². The van der Waals surface area contributed by atoms with Gasteiger partial charge in [-0.3, -0.25) is 9.69 Å². The van der Waals surface area contributed by atoms with Crippen molar-refractivity contribution in [1.29, 1.82) is 0 Å². The van der Waals surface area contributed by atoms with Gasteiger partial charge in [-0.1, -0.05) is 78.1 Å². The zero-order chi connectivity index (χ0) is 21.2. The van der Waals surface area contributed by atoms with Crippen LogP contribution in [0.4, 0.5) is 5.13 Å². The first kappa shape index (κ1) is 19.3. The van der Waals surface area contributed by atoms with E-state index in [-0.39, 0.29) is 5.91 Å². The minimum atomic E-state index is -0.0633. The Morgan fingerprint density at radius 2 is 1.71 bits per heavy atom. The second-order valence-corrected chi connectivity index (χ2v) is 8.24. The molecule has 4 aromatic carbocycles. The molecule has 0 radical (unpaired) electrons. The Hall–Kier alpha value is -3.70. The molecule has 0 atom stereocenters. The molecular weight excluding hydrogens is 404 g/mol. The largest absolute Gasteiger partial charge is 0.497 e. The van der Waals surface area contributed by atoms with Crippen LogP contribution in [0, 0.1) is 0 Å². The first-order valence-corrected chi connectivity index (χ1v) is 10.8. The van der Waals surface area contributed by atoms with Crippen LogP contribution in [0.3, 0.4) is 0 Å². The number of aromatic nitrogens is 1. The predicted octanol–water partition coefficient (Wildman–Crippen LogP) is 6.31. The number of ether oxygens (including phenoxy) is 1. The highest BCUT2D eigenvalue weighted by Gasteiger charge is 2.23. The van der Waals surface area contributed by atoms with Crippen LogP contribution in [0.5, 0.6) is 5.75 Å². The molecule has 0 N–H and O–H groups in total. The van der Waals surface area contributed by atoms with Crippen molar-refractivity contribution in [3.63, 3.8) is 0 Å². The zero-order valence-electron chi connectivity index (χ0n) is 17.0. The van der Waals surface area contributed by atoms with E-state index in [1.54, 1.807) is 12.0 Å². The maximum Gasteiger partial charge on any atom is 0.261 e. The van der Waals surface area contributed by atoms with E-state index in [2.05, 4.69) is 0 Å². The molecule has 0 aliphatic rings. The predicted molar refractivity (Wildman–Crippen MR) is 127 cm³/mol. The van der Waals surface area contributed by atoms with Gasteiger partial charge in [-0.15, -0.1) is 0 Å². The molecule has 1 heterocycles. The molecule has 152 valence electrons. The number of rotatable bonds is 5. The molecule has 0 spiro atoms. The summed E-state index contributed by atoms with van der Waals surface area (Å²) >= 11 is 1.51. The van der Waals surface area contributed by atoms with E-state index in [0.29, 0.717) is 17.2 Å². The number of anilines is 1. The number of methoxy groups -OCH3 is 1. The fraction of sp³-hybridized carbons (Fsp3) is 0.0769. The topological polar surface area (TPSA) is 42.4 Å². The van der Waals surface area contributed by atoms with Crippen molar-refractivity contribution in [2.45, 2.75) is 6.54 Å². The molecule has 0 bridgehead atoms. The van der Waals surface area contributed by atoms with Crippen LogP contribution in [-0.2, 0) is 6.54 Å². The summed E-state index contributed by atoms with van der Waals surface area (Å²) in [5, 5.41) is 2.66. The fourth-order valence-corrected chi connectivity index (χ4v) is 4.63.